The number of aromatic amines is 1. The number of nitrogens with one attached hydrogen (secondary N) is 2. The largest absolute Gasteiger partial charge is 0.488 e. The summed E-state index contributed by atoms with van der Waals surface area (Å²) in [6.45, 7) is 2.37. The van der Waals surface area contributed by atoms with Crippen LogP contribution in [0.4, 0.5) is 5.69 Å². The standard InChI is InChI=1S/C24H21N3O2/c1-17-6-5-9-21(12-17)27-24(28)22-11-10-19(20-14-25-26-15-20)13-23(22)29-16-18-7-3-2-4-8-18/h2-15H,16H2,1H3,(H,25,26)(H,27,28). The van der Waals surface area contributed by atoms with E-state index in [9.17, 15) is 4.79 Å². The predicted molar refractivity (Wildman–Crippen MR) is 114 cm³/mol. The van der Waals surface area contributed by atoms with Gasteiger partial charge in [-0.3, -0.25) is 9.89 Å². The van der Waals surface area contributed by atoms with Crippen molar-refractivity contribution in [3.63, 3.8) is 0 Å². The third-order valence-corrected chi connectivity index (χ3v) is 4.57. The van der Waals surface area contributed by atoms with E-state index in [0.717, 1.165) is 27.9 Å². The molecule has 29 heavy (non-hydrogen) atoms. The summed E-state index contributed by atoms with van der Waals surface area (Å²) in [5.41, 5.74) is 5.21. The van der Waals surface area contributed by atoms with Gasteiger partial charge in [-0.2, -0.15) is 5.10 Å². The van der Waals surface area contributed by atoms with Crippen LogP contribution in [0.2, 0.25) is 0 Å². The third kappa shape index (κ3) is 4.52. The van der Waals surface area contributed by atoms with Gasteiger partial charge in [0.2, 0.25) is 0 Å². The number of nitrogens with zero attached hydrogens (tertiary/aromatic N) is 1. The summed E-state index contributed by atoms with van der Waals surface area (Å²) >= 11 is 0. The van der Waals surface area contributed by atoms with Gasteiger partial charge < -0.3 is 10.1 Å². The Morgan fingerprint density at radius 1 is 1.00 bits per heavy atom. The summed E-state index contributed by atoms with van der Waals surface area (Å²) < 4.78 is 6.05. The molecule has 0 aliphatic carbocycles. The Kier molecular flexibility index (Phi) is 5.38. The SMILES string of the molecule is Cc1cccc(NC(=O)c2ccc(-c3cn[nH]c3)cc2OCc2ccccc2)c1. The molecule has 0 aliphatic heterocycles. The van der Waals surface area contributed by atoms with Crippen molar-refractivity contribution in [2.45, 2.75) is 13.5 Å². The zero-order chi connectivity index (χ0) is 20.1. The molecule has 2 N–H and O–H groups in total. The summed E-state index contributed by atoms with van der Waals surface area (Å²) in [7, 11) is 0. The lowest BCUT2D eigenvalue weighted by Gasteiger charge is -2.14. The number of aryl methyl sites for hydroxylation is 1. The zero-order valence-electron chi connectivity index (χ0n) is 16.1. The molecule has 0 spiro atoms. The number of hydrogen-bond acceptors (Lipinski definition) is 3. The Morgan fingerprint density at radius 2 is 1.86 bits per heavy atom. The summed E-state index contributed by atoms with van der Waals surface area (Å²) in [5.74, 6) is 0.315. The second-order valence-corrected chi connectivity index (χ2v) is 6.80. The second-order valence-electron chi connectivity index (χ2n) is 6.80. The van der Waals surface area contributed by atoms with Crippen molar-refractivity contribution in [1.29, 1.82) is 0 Å². The van der Waals surface area contributed by atoms with Crippen LogP contribution in [-0.2, 0) is 6.61 Å². The van der Waals surface area contributed by atoms with Crippen molar-refractivity contribution in [2.75, 3.05) is 5.32 Å². The highest BCUT2D eigenvalue weighted by Crippen LogP contribution is 2.28. The minimum absolute atomic E-state index is 0.211. The minimum atomic E-state index is -0.211. The lowest BCUT2D eigenvalue weighted by Crippen LogP contribution is -2.14. The number of rotatable bonds is 6. The van der Waals surface area contributed by atoms with Crippen LogP contribution in [-0.4, -0.2) is 16.1 Å². The Hall–Kier alpha value is -3.86. The van der Waals surface area contributed by atoms with Gasteiger partial charge in [0.25, 0.3) is 5.91 Å². The van der Waals surface area contributed by atoms with E-state index >= 15 is 0 Å². The van der Waals surface area contributed by atoms with Gasteiger partial charge >= 0.3 is 0 Å². The first-order valence-electron chi connectivity index (χ1n) is 9.37. The molecule has 0 bridgehead atoms. The molecule has 3 aromatic carbocycles. The first-order valence-corrected chi connectivity index (χ1v) is 9.37. The molecule has 1 heterocycles. The molecule has 4 rings (SSSR count). The summed E-state index contributed by atoms with van der Waals surface area (Å²) in [6, 6.07) is 23.1. The maximum absolute atomic E-state index is 12.9. The molecule has 0 saturated carbocycles. The lowest BCUT2D eigenvalue weighted by molar-refractivity contribution is 0.102. The maximum atomic E-state index is 12.9. The first kappa shape index (κ1) is 18.5. The molecule has 5 heteroatoms. The van der Waals surface area contributed by atoms with Crippen LogP contribution in [0, 0.1) is 6.92 Å². The van der Waals surface area contributed by atoms with Gasteiger partial charge in [-0.15, -0.1) is 0 Å². The normalized spacial score (nSPS) is 10.5. The van der Waals surface area contributed by atoms with E-state index in [0.29, 0.717) is 17.9 Å². The van der Waals surface area contributed by atoms with Gasteiger partial charge in [0.05, 0.1) is 11.8 Å². The molecule has 0 aliphatic rings. The number of benzene rings is 3. The molecular formula is C24H21N3O2. The van der Waals surface area contributed by atoms with Gasteiger partial charge in [0, 0.05) is 17.4 Å². The Balaban J connectivity index is 1.63. The van der Waals surface area contributed by atoms with Gasteiger partial charge in [-0.05, 0) is 47.9 Å². The first-order chi connectivity index (χ1) is 14.2. The predicted octanol–water partition coefficient (Wildman–Crippen LogP) is 5.22. The maximum Gasteiger partial charge on any atom is 0.259 e. The van der Waals surface area contributed by atoms with E-state index in [2.05, 4.69) is 15.5 Å². The summed E-state index contributed by atoms with van der Waals surface area (Å²) in [5, 5.41) is 9.76. The number of hydrogen-bond donors (Lipinski definition) is 2. The van der Waals surface area contributed by atoms with Gasteiger partial charge in [-0.25, -0.2) is 0 Å². The fourth-order valence-electron chi connectivity index (χ4n) is 3.07. The molecule has 5 nitrogen and oxygen atoms in total. The number of H-pyrrole nitrogens is 1. The molecule has 1 aromatic heterocycles. The fourth-order valence-corrected chi connectivity index (χ4v) is 3.07. The van der Waals surface area contributed by atoms with Crippen molar-refractivity contribution < 1.29 is 9.53 Å². The average molecular weight is 383 g/mol. The number of carbonyl (C=O) groups excluding carboxylic acids is 1. The van der Waals surface area contributed by atoms with E-state index < -0.39 is 0 Å². The number of anilines is 1. The molecular weight excluding hydrogens is 362 g/mol. The molecule has 0 fully saturated rings. The lowest BCUT2D eigenvalue weighted by atomic mass is 10.1. The van der Waals surface area contributed by atoms with Crippen molar-refractivity contribution in [1.82, 2.24) is 10.2 Å². The van der Waals surface area contributed by atoms with E-state index in [4.69, 9.17) is 4.74 Å². The fraction of sp³-hybridized carbons (Fsp3) is 0.0833. The van der Waals surface area contributed by atoms with Crippen LogP contribution in [0.1, 0.15) is 21.5 Å². The second kappa shape index (κ2) is 8.44. The van der Waals surface area contributed by atoms with Crippen molar-refractivity contribution in [3.8, 4) is 16.9 Å². The van der Waals surface area contributed by atoms with Gasteiger partial charge in [0.15, 0.2) is 0 Å². The third-order valence-electron chi connectivity index (χ3n) is 4.57. The highest BCUT2D eigenvalue weighted by Gasteiger charge is 2.15. The van der Waals surface area contributed by atoms with Crippen LogP contribution in [0.3, 0.4) is 0 Å². The molecule has 1 amide bonds. The zero-order valence-corrected chi connectivity index (χ0v) is 16.1. The van der Waals surface area contributed by atoms with Gasteiger partial charge in [-0.1, -0.05) is 48.5 Å². The Labute approximate surface area is 169 Å². The molecule has 0 radical (unpaired) electrons. The van der Waals surface area contributed by atoms with Crippen LogP contribution in [0.15, 0.2) is 85.2 Å². The minimum Gasteiger partial charge on any atom is -0.488 e. The summed E-state index contributed by atoms with van der Waals surface area (Å²) in [4.78, 5) is 12.9. The highest BCUT2D eigenvalue weighted by molar-refractivity contribution is 6.06. The van der Waals surface area contributed by atoms with Crippen molar-refractivity contribution >= 4 is 11.6 Å². The topological polar surface area (TPSA) is 67.0 Å². The smallest absolute Gasteiger partial charge is 0.259 e. The molecule has 0 saturated heterocycles. The average Bonchev–Trinajstić information content (AvgIpc) is 3.28. The summed E-state index contributed by atoms with van der Waals surface area (Å²) in [6.07, 6.45) is 3.55. The van der Waals surface area contributed by atoms with Gasteiger partial charge in [0.1, 0.15) is 12.4 Å². The van der Waals surface area contributed by atoms with Crippen LogP contribution in [0.25, 0.3) is 11.1 Å². The highest BCUT2D eigenvalue weighted by atomic mass is 16.5. The molecule has 0 atom stereocenters. The quantitative estimate of drug-likeness (QED) is 0.480. The number of aromatic nitrogens is 2. The van der Waals surface area contributed by atoms with Crippen LogP contribution >= 0.6 is 0 Å². The number of amides is 1. The monoisotopic (exact) mass is 383 g/mol. The van der Waals surface area contributed by atoms with E-state index in [1.54, 1.807) is 12.3 Å². The number of carbonyl (C=O) groups is 1. The van der Waals surface area contributed by atoms with E-state index in [-0.39, 0.29) is 5.91 Å². The van der Waals surface area contributed by atoms with Crippen molar-refractivity contribution in [2.24, 2.45) is 0 Å². The number of ether oxygens (including phenoxy) is 1. The van der Waals surface area contributed by atoms with Crippen LogP contribution < -0.4 is 10.1 Å². The molecule has 0 unspecified atom stereocenters. The Bertz CT molecular complexity index is 1110. The van der Waals surface area contributed by atoms with Crippen LogP contribution in [0.5, 0.6) is 5.75 Å². The van der Waals surface area contributed by atoms with E-state index in [1.165, 1.54) is 0 Å². The molecule has 144 valence electrons. The van der Waals surface area contributed by atoms with E-state index in [1.807, 2.05) is 79.9 Å². The molecule has 4 aromatic rings. The van der Waals surface area contributed by atoms with Crippen molar-refractivity contribution in [3.05, 3.63) is 102 Å². The Morgan fingerprint density at radius 3 is 2.62 bits per heavy atom.